The van der Waals surface area contributed by atoms with Crippen LogP contribution in [0.3, 0.4) is 0 Å². The summed E-state index contributed by atoms with van der Waals surface area (Å²) < 4.78 is 0. The highest BCUT2D eigenvalue weighted by atomic mass is 16.2. The van der Waals surface area contributed by atoms with Crippen LogP contribution in [0.5, 0.6) is 0 Å². The number of ketones is 1. The van der Waals surface area contributed by atoms with E-state index in [1.54, 1.807) is 0 Å². The van der Waals surface area contributed by atoms with Gasteiger partial charge in [0.25, 0.3) is 0 Å². The van der Waals surface area contributed by atoms with E-state index in [0.29, 0.717) is 19.4 Å². The Morgan fingerprint density at radius 1 is 1.11 bits per heavy atom. The fourth-order valence-electron chi connectivity index (χ4n) is 0.737. The minimum absolute atomic E-state index is 0.0333. The third-order valence-electron chi connectivity index (χ3n) is 1.51. The molecule has 5 heteroatoms. The molecule has 1 unspecified atom stereocenters. The molecule has 0 aliphatic rings. The van der Waals surface area contributed by atoms with Gasteiger partial charge < -0.3 is 16.8 Å². The number of hydrogen-bond acceptors (Lipinski definition) is 3. The zero-order valence-electron chi connectivity index (χ0n) is 12.6. The van der Waals surface area contributed by atoms with Gasteiger partial charge in [-0.2, -0.15) is 0 Å². The van der Waals surface area contributed by atoms with E-state index in [4.69, 9.17) is 11.5 Å². The van der Waals surface area contributed by atoms with Gasteiger partial charge in [0.1, 0.15) is 5.78 Å². The second kappa shape index (κ2) is 18.3. The van der Waals surface area contributed by atoms with Gasteiger partial charge in [-0.1, -0.05) is 40.5 Å². The summed E-state index contributed by atoms with van der Waals surface area (Å²) in [7, 11) is 0. The first-order valence-electron chi connectivity index (χ1n) is 6.66. The molecule has 2 amide bonds. The maximum Gasteiger partial charge on any atom is 0.312 e. The Morgan fingerprint density at radius 3 is 1.78 bits per heavy atom. The van der Waals surface area contributed by atoms with Crippen LogP contribution in [0.25, 0.3) is 0 Å². The first-order valence-corrected chi connectivity index (χ1v) is 6.66. The van der Waals surface area contributed by atoms with E-state index in [2.05, 4.69) is 33.0 Å². The summed E-state index contributed by atoms with van der Waals surface area (Å²) in [6.07, 6.45) is 3.75. The summed E-state index contributed by atoms with van der Waals surface area (Å²) >= 11 is 0. The number of rotatable bonds is 5. The molecule has 110 valence electrons. The minimum atomic E-state index is -0.550. The van der Waals surface area contributed by atoms with Crippen molar-refractivity contribution in [1.29, 1.82) is 0 Å². The van der Waals surface area contributed by atoms with Gasteiger partial charge in [-0.3, -0.25) is 4.79 Å². The van der Waals surface area contributed by atoms with Crippen molar-refractivity contribution in [3.63, 3.8) is 0 Å². The second-order valence-corrected chi connectivity index (χ2v) is 4.06. The SMILES string of the molecule is CC(=O)C(N)CCCNC(N)=O.CCC.CCC. The zero-order chi connectivity index (χ0) is 15.0. The predicted octanol–water partition coefficient (Wildman–Crippen LogP) is 2.18. The maximum atomic E-state index is 10.6. The van der Waals surface area contributed by atoms with E-state index in [1.165, 1.54) is 19.8 Å². The van der Waals surface area contributed by atoms with Gasteiger partial charge in [-0.05, 0) is 19.8 Å². The standard InChI is InChI=1S/C7H15N3O2.2C3H8/c1-5(11)6(8)3-2-4-10-7(9)12;2*1-3-2/h6H,2-4,8H2,1H3,(H3,9,10,12);2*3H2,1-2H3. The van der Waals surface area contributed by atoms with E-state index < -0.39 is 12.1 Å². The lowest BCUT2D eigenvalue weighted by Gasteiger charge is -2.06. The Hall–Kier alpha value is -1.10. The quantitative estimate of drug-likeness (QED) is 0.661. The summed E-state index contributed by atoms with van der Waals surface area (Å²) in [4.78, 5) is 20.8. The average Bonchev–Trinajstić information content (AvgIpc) is 2.25. The topological polar surface area (TPSA) is 98.2 Å². The van der Waals surface area contributed by atoms with Crippen molar-refractivity contribution >= 4 is 11.8 Å². The molecule has 0 rings (SSSR count). The molecule has 0 saturated carbocycles. The van der Waals surface area contributed by atoms with E-state index in [1.807, 2.05) is 0 Å². The molecule has 0 aromatic carbocycles. The third-order valence-corrected chi connectivity index (χ3v) is 1.51. The predicted molar refractivity (Wildman–Crippen MR) is 77.4 cm³/mol. The Kier molecular flexibility index (Phi) is 22.4. The molecule has 5 N–H and O–H groups in total. The second-order valence-electron chi connectivity index (χ2n) is 4.06. The van der Waals surface area contributed by atoms with Crippen LogP contribution in [-0.4, -0.2) is 24.4 Å². The Balaban J connectivity index is -0.000000315. The van der Waals surface area contributed by atoms with Crippen molar-refractivity contribution in [3.8, 4) is 0 Å². The molecule has 0 fully saturated rings. The lowest BCUT2D eigenvalue weighted by atomic mass is 10.1. The van der Waals surface area contributed by atoms with Crippen molar-refractivity contribution in [2.45, 2.75) is 66.3 Å². The van der Waals surface area contributed by atoms with Gasteiger partial charge >= 0.3 is 6.03 Å². The van der Waals surface area contributed by atoms with Gasteiger partial charge in [-0.25, -0.2) is 4.79 Å². The molecule has 0 aromatic rings. The maximum absolute atomic E-state index is 10.6. The molecule has 0 spiro atoms. The summed E-state index contributed by atoms with van der Waals surface area (Å²) in [5, 5.41) is 2.41. The molecule has 0 aliphatic heterocycles. The molecule has 0 aliphatic carbocycles. The highest BCUT2D eigenvalue weighted by molar-refractivity contribution is 5.81. The molecule has 0 radical (unpaired) electrons. The normalized spacial score (nSPS) is 10.1. The number of Topliss-reactive ketones (excluding diaryl/α,β-unsaturated/α-hetero) is 1. The van der Waals surface area contributed by atoms with E-state index in [9.17, 15) is 9.59 Å². The first-order chi connectivity index (χ1) is 8.37. The van der Waals surface area contributed by atoms with Crippen LogP contribution in [-0.2, 0) is 4.79 Å². The molecule has 0 bridgehead atoms. The van der Waals surface area contributed by atoms with Crippen molar-refractivity contribution in [3.05, 3.63) is 0 Å². The van der Waals surface area contributed by atoms with E-state index in [-0.39, 0.29) is 5.78 Å². The highest BCUT2D eigenvalue weighted by Crippen LogP contribution is 1.93. The molecular formula is C13H31N3O2. The number of carbonyl (C=O) groups is 2. The highest BCUT2D eigenvalue weighted by Gasteiger charge is 2.06. The van der Waals surface area contributed by atoms with Crippen LogP contribution in [0.1, 0.15) is 60.3 Å². The van der Waals surface area contributed by atoms with Crippen molar-refractivity contribution < 1.29 is 9.59 Å². The molecular weight excluding hydrogens is 230 g/mol. The Labute approximate surface area is 112 Å². The lowest BCUT2D eigenvalue weighted by Crippen LogP contribution is -2.33. The number of hydrogen-bond donors (Lipinski definition) is 3. The van der Waals surface area contributed by atoms with Gasteiger partial charge in [0, 0.05) is 6.54 Å². The Bertz CT molecular complexity index is 195. The smallest absolute Gasteiger partial charge is 0.312 e. The van der Waals surface area contributed by atoms with Crippen molar-refractivity contribution in [2.75, 3.05) is 6.54 Å². The van der Waals surface area contributed by atoms with Gasteiger partial charge in [0.15, 0.2) is 0 Å². The Morgan fingerprint density at radius 2 is 1.50 bits per heavy atom. The molecule has 1 atom stereocenters. The molecule has 0 heterocycles. The van der Waals surface area contributed by atoms with Crippen LogP contribution in [0.2, 0.25) is 0 Å². The number of urea groups is 1. The number of amides is 2. The van der Waals surface area contributed by atoms with E-state index in [0.717, 1.165) is 0 Å². The monoisotopic (exact) mass is 261 g/mol. The van der Waals surface area contributed by atoms with Crippen LogP contribution >= 0.6 is 0 Å². The number of nitrogens with one attached hydrogen (secondary N) is 1. The fourth-order valence-corrected chi connectivity index (χ4v) is 0.737. The van der Waals surface area contributed by atoms with Crippen molar-refractivity contribution in [1.82, 2.24) is 5.32 Å². The summed E-state index contributed by atoms with van der Waals surface area (Å²) in [5.74, 6) is -0.0333. The number of primary amides is 1. The molecule has 5 nitrogen and oxygen atoms in total. The summed E-state index contributed by atoms with van der Waals surface area (Å²) in [6, 6.07) is -0.967. The molecule has 0 saturated heterocycles. The van der Waals surface area contributed by atoms with Crippen molar-refractivity contribution in [2.24, 2.45) is 11.5 Å². The number of carbonyl (C=O) groups excluding carboxylic acids is 2. The summed E-state index contributed by atoms with van der Waals surface area (Å²) in [6.45, 7) is 10.4. The number of nitrogens with two attached hydrogens (primary N) is 2. The lowest BCUT2D eigenvalue weighted by molar-refractivity contribution is -0.118. The van der Waals surface area contributed by atoms with Crippen LogP contribution < -0.4 is 16.8 Å². The van der Waals surface area contributed by atoms with Gasteiger partial charge in [0.2, 0.25) is 0 Å². The first kappa shape index (κ1) is 22.1. The van der Waals surface area contributed by atoms with Gasteiger partial charge in [0.05, 0.1) is 6.04 Å². The minimum Gasteiger partial charge on any atom is -0.352 e. The fraction of sp³-hybridized carbons (Fsp3) is 0.846. The van der Waals surface area contributed by atoms with Crippen LogP contribution in [0.4, 0.5) is 4.79 Å². The molecule has 0 aromatic heterocycles. The van der Waals surface area contributed by atoms with Gasteiger partial charge in [-0.15, -0.1) is 0 Å². The van der Waals surface area contributed by atoms with Crippen LogP contribution in [0, 0.1) is 0 Å². The van der Waals surface area contributed by atoms with Crippen LogP contribution in [0.15, 0.2) is 0 Å². The third kappa shape index (κ3) is 29.4. The average molecular weight is 261 g/mol. The largest absolute Gasteiger partial charge is 0.352 e. The molecule has 18 heavy (non-hydrogen) atoms. The van der Waals surface area contributed by atoms with E-state index >= 15 is 0 Å². The summed E-state index contributed by atoms with van der Waals surface area (Å²) in [5.41, 5.74) is 10.3. The zero-order valence-corrected chi connectivity index (χ0v) is 12.6.